The summed E-state index contributed by atoms with van der Waals surface area (Å²) in [7, 11) is 3.72. The molecule has 1 aliphatic heterocycles. The van der Waals surface area contributed by atoms with Crippen molar-refractivity contribution in [2.75, 3.05) is 14.2 Å². The lowest BCUT2D eigenvalue weighted by Crippen LogP contribution is -2.02. The summed E-state index contributed by atoms with van der Waals surface area (Å²) >= 11 is 1.92. The van der Waals surface area contributed by atoms with Crippen LogP contribution in [-0.2, 0) is 0 Å². The SMILES string of the molecule is CNC1=C(c2cccc(OC)c2)CC(c2cccc3ccccc23)S1. The molecule has 3 heteroatoms. The van der Waals surface area contributed by atoms with E-state index < -0.39 is 0 Å². The fourth-order valence-electron chi connectivity index (χ4n) is 3.51. The van der Waals surface area contributed by atoms with Gasteiger partial charge in [-0.25, -0.2) is 0 Å². The van der Waals surface area contributed by atoms with E-state index in [1.54, 1.807) is 7.11 Å². The fourth-order valence-corrected chi connectivity index (χ4v) is 4.84. The van der Waals surface area contributed by atoms with Gasteiger partial charge in [-0.15, -0.1) is 0 Å². The largest absolute Gasteiger partial charge is 0.497 e. The van der Waals surface area contributed by atoms with Gasteiger partial charge in [0.05, 0.1) is 12.1 Å². The van der Waals surface area contributed by atoms with Crippen molar-refractivity contribution in [3.63, 3.8) is 0 Å². The number of hydrogen-bond acceptors (Lipinski definition) is 3. The van der Waals surface area contributed by atoms with Gasteiger partial charge in [0.2, 0.25) is 0 Å². The van der Waals surface area contributed by atoms with Crippen LogP contribution >= 0.6 is 11.8 Å². The number of thioether (sulfide) groups is 1. The Bertz CT molecular complexity index is 942. The van der Waals surface area contributed by atoms with Gasteiger partial charge in [-0.2, -0.15) is 0 Å². The molecule has 126 valence electrons. The van der Waals surface area contributed by atoms with E-state index in [2.05, 4.69) is 66.0 Å². The molecule has 3 aromatic carbocycles. The molecule has 0 aromatic heterocycles. The highest BCUT2D eigenvalue weighted by Gasteiger charge is 2.28. The normalized spacial score (nSPS) is 17.1. The van der Waals surface area contributed by atoms with E-state index >= 15 is 0 Å². The minimum Gasteiger partial charge on any atom is -0.497 e. The zero-order valence-electron chi connectivity index (χ0n) is 14.5. The summed E-state index contributed by atoms with van der Waals surface area (Å²) in [5.41, 5.74) is 4.01. The van der Waals surface area contributed by atoms with Crippen molar-refractivity contribution in [3.05, 3.63) is 82.9 Å². The minimum atomic E-state index is 0.426. The van der Waals surface area contributed by atoms with Crippen LogP contribution in [0.25, 0.3) is 16.3 Å². The summed E-state index contributed by atoms with van der Waals surface area (Å²) in [4.78, 5) is 0. The van der Waals surface area contributed by atoms with Gasteiger partial charge in [0.1, 0.15) is 5.75 Å². The van der Waals surface area contributed by atoms with E-state index in [0.29, 0.717) is 5.25 Å². The lowest BCUT2D eigenvalue weighted by Gasteiger charge is -2.13. The molecule has 0 aliphatic carbocycles. The molecule has 1 unspecified atom stereocenters. The van der Waals surface area contributed by atoms with Crippen LogP contribution in [0.5, 0.6) is 5.75 Å². The molecule has 1 heterocycles. The maximum absolute atomic E-state index is 5.40. The highest BCUT2D eigenvalue weighted by Crippen LogP contribution is 2.51. The lowest BCUT2D eigenvalue weighted by atomic mass is 9.95. The smallest absolute Gasteiger partial charge is 0.119 e. The number of benzene rings is 3. The highest BCUT2D eigenvalue weighted by atomic mass is 32.2. The van der Waals surface area contributed by atoms with Crippen LogP contribution in [0.3, 0.4) is 0 Å². The maximum Gasteiger partial charge on any atom is 0.119 e. The number of hydrogen-bond donors (Lipinski definition) is 1. The van der Waals surface area contributed by atoms with Crippen molar-refractivity contribution >= 4 is 28.1 Å². The summed E-state index contributed by atoms with van der Waals surface area (Å²) in [5, 5.41) is 7.74. The predicted molar refractivity (Wildman–Crippen MR) is 108 cm³/mol. The summed E-state index contributed by atoms with van der Waals surface area (Å²) in [5.74, 6) is 0.902. The second kappa shape index (κ2) is 6.85. The predicted octanol–water partition coefficient (Wildman–Crippen LogP) is 5.61. The molecular weight excluding hydrogens is 326 g/mol. The Kier molecular flexibility index (Phi) is 4.41. The molecule has 0 fully saturated rings. The molecule has 0 radical (unpaired) electrons. The van der Waals surface area contributed by atoms with E-state index in [0.717, 1.165) is 12.2 Å². The van der Waals surface area contributed by atoms with Gasteiger partial charge in [0, 0.05) is 12.3 Å². The number of ether oxygens (including phenoxy) is 1. The monoisotopic (exact) mass is 347 g/mol. The Labute approximate surface area is 152 Å². The van der Waals surface area contributed by atoms with Crippen molar-refractivity contribution in [1.82, 2.24) is 5.32 Å². The van der Waals surface area contributed by atoms with Crippen LogP contribution in [0.2, 0.25) is 0 Å². The maximum atomic E-state index is 5.40. The zero-order valence-corrected chi connectivity index (χ0v) is 15.3. The molecule has 2 nitrogen and oxygen atoms in total. The molecule has 0 amide bonds. The molecule has 4 rings (SSSR count). The van der Waals surface area contributed by atoms with Gasteiger partial charge in [-0.05, 0) is 46.0 Å². The Morgan fingerprint density at radius 1 is 1.00 bits per heavy atom. The summed E-state index contributed by atoms with van der Waals surface area (Å²) in [6.07, 6.45) is 1.02. The van der Waals surface area contributed by atoms with E-state index in [-0.39, 0.29) is 0 Å². The Morgan fingerprint density at radius 3 is 2.64 bits per heavy atom. The first kappa shape index (κ1) is 16.1. The number of allylic oxidation sites excluding steroid dienone is 1. The van der Waals surface area contributed by atoms with Gasteiger partial charge in [-0.3, -0.25) is 0 Å². The molecule has 1 atom stereocenters. The fraction of sp³-hybridized carbons (Fsp3) is 0.182. The average molecular weight is 347 g/mol. The van der Waals surface area contributed by atoms with Crippen LogP contribution < -0.4 is 10.1 Å². The standard InChI is InChI=1S/C22H21NOS/c1-23-22-20(16-9-5-10-17(13-16)24-2)14-21(25-22)19-12-6-8-15-7-3-4-11-18(15)19/h3-13,21,23H,14H2,1-2H3. The topological polar surface area (TPSA) is 21.3 Å². The Hall–Kier alpha value is -2.39. The number of nitrogens with one attached hydrogen (secondary N) is 1. The summed E-state index contributed by atoms with van der Waals surface area (Å²) < 4.78 is 5.40. The third-order valence-corrected chi connectivity index (χ3v) is 6.13. The quantitative estimate of drug-likeness (QED) is 0.662. The molecule has 0 bridgehead atoms. The third kappa shape index (κ3) is 3.00. The summed E-state index contributed by atoms with van der Waals surface area (Å²) in [6, 6.07) is 23.6. The van der Waals surface area contributed by atoms with Gasteiger partial charge >= 0.3 is 0 Å². The van der Waals surface area contributed by atoms with Gasteiger partial charge in [-0.1, -0.05) is 66.4 Å². The first-order valence-electron chi connectivity index (χ1n) is 8.50. The molecular formula is C22H21NOS. The Balaban J connectivity index is 1.72. The lowest BCUT2D eigenvalue weighted by molar-refractivity contribution is 0.414. The van der Waals surface area contributed by atoms with Crippen molar-refractivity contribution < 1.29 is 4.74 Å². The van der Waals surface area contributed by atoms with Crippen molar-refractivity contribution in [2.45, 2.75) is 11.7 Å². The van der Waals surface area contributed by atoms with Gasteiger partial charge in [0.15, 0.2) is 0 Å². The van der Waals surface area contributed by atoms with E-state index in [9.17, 15) is 0 Å². The second-order valence-electron chi connectivity index (χ2n) is 6.17. The first-order chi connectivity index (χ1) is 12.3. The first-order valence-corrected chi connectivity index (χ1v) is 9.38. The van der Waals surface area contributed by atoms with Gasteiger partial charge < -0.3 is 10.1 Å². The molecule has 25 heavy (non-hydrogen) atoms. The molecule has 0 saturated heterocycles. The number of rotatable bonds is 4. The van der Waals surface area contributed by atoms with Crippen molar-refractivity contribution in [3.8, 4) is 5.75 Å². The van der Waals surface area contributed by atoms with Crippen LogP contribution in [-0.4, -0.2) is 14.2 Å². The zero-order chi connectivity index (χ0) is 17.2. The van der Waals surface area contributed by atoms with Crippen molar-refractivity contribution in [2.24, 2.45) is 0 Å². The van der Waals surface area contributed by atoms with Crippen molar-refractivity contribution in [1.29, 1.82) is 0 Å². The van der Waals surface area contributed by atoms with Crippen LogP contribution in [0, 0.1) is 0 Å². The van der Waals surface area contributed by atoms with E-state index in [1.807, 2.05) is 24.9 Å². The van der Waals surface area contributed by atoms with E-state index in [4.69, 9.17) is 4.74 Å². The van der Waals surface area contributed by atoms with Crippen LogP contribution in [0.1, 0.15) is 22.8 Å². The molecule has 1 N–H and O–H groups in total. The van der Waals surface area contributed by atoms with E-state index in [1.165, 1.54) is 32.5 Å². The highest BCUT2D eigenvalue weighted by molar-refractivity contribution is 8.03. The van der Waals surface area contributed by atoms with Crippen LogP contribution in [0.15, 0.2) is 71.8 Å². The number of methoxy groups -OCH3 is 1. The molecule has 0 saturated carbocycles. The number of fused-ring (bicyclic) bond motifs is 1. The van der Waals surface area contributed by atoms with Gasteiger partial charge in [0.25, 0.3) is 0 Å². The summed E-state index contributed by atoms with van der Waals surface area (Å²) in [6.45, 7) is 0. The average Bonchev–Trinajstić information content (AvgIpc) is 3.12. The third-order valence-electron chi connectivity index (χ3n) is 4.74. The molecule has 3 aromatic rings. The Morgan fingerprint density at radius 2 is 1.80 bits per heavy atom. The molecule has 0 spiro atoms. The molecule has 1 aliphatic rings. The second-order valence-corrected chi connectivity index (χ2v) is 7.38. The van der Waals surface area contributed by atoms with Crippen LogP contribution in [0.4, 0.5) is 0 Å². The minimum absolute atomic E-state index is 0.426.